The van der Waals surface area contributed by atoms with E-state index in [1.54, 1.807) is 24.3 Å². The highest BCUT2D eigenvalue weighted by Crippen LogP contribution is 2.39. The Labute approximate surface area is 165 Å². The fourth-order valence-corrected chi connectivity index (χ4v) is 2.78. The van der Waals surface area contributed by atoms with Gasteiger partial charge in [0, 0.05) is 29.1 Å². The minimum atomic E-state index is -4.57. The molecular formula is C21H17F3N2O3. The van der Waals surface area contributed by atoms with Crippen molar-refractivity contribution in [2.75, 3.05) is 19.5 Å². The van der Waals surface area contributed by atoms with Crippen molar-refractivity contribution in [3.05, 3.63) is 71.9 Å². The number of aromatic nitrogens is 1. The molecule has 0 aliphatic heterocycles. The molecule has 0 radical (unpaired) electrons. The van der Waals surface area contributed by atoms with E-state index >= 15 is 0 Å². The summed E-state index contributed by atoms with van der Waals surface area (Å²) in [6.07, 6.45) is -3.30. The van der Waals surface area contributed by atoms with Crippen molar-refractivity contribution < 1.29 is 27.4 Å². The fraction of sp³-hybridized carbons (Fsp3) is 0.143. The molecule has 8 heteroatoms. The number of hydrogen-bond acceptors (Lipinski definition) is 4. The Morgan fingerprint density at radius 3 is 2.48 bits per heavy atom. The Morgan fingerprint density at radius 2 is 1.79 bits per heavy atom. The Balaban J connectivity index is 1.95. The number of hydrogen-bond donors (Lipinski definition) is 1. The second-order valence-corrected chi connectivity index (χ2v) is 6.00. The van der Waals surface area contributed by atoms with Crippen molar-refractivity contribution in [2.45, 2.75) is 6.18 Å². The lowest BCUT2D eigenvalue weighted by atomic mass is 10.0. The molecular weight excluding hydrogens is 385 g/mol. The van der Waals surface area contributed by atoms with Crippen LogP contribution in [-0.2, 0) is 6.18 Å². The van der Waals surface area contributed by atoms with Gasteiger partial charge in [0.25, 0.3) is 5.91 Å². The average Bonchev–Trinajstić information content (AvgIpc) is 2.72. The predicted octanol–water partition coefficient (Wildman–Crippen LogP) is 5.04. The Hall–Kier alpha value is -3.55. The van der Waals surface area contributed by atoms with E-state index in [0.717, 1.165) is 6.07 Å². The number of alkyl halides is 3. The second-order valence-electron chi connectivity index (χ2n) is 6.00. The number of nitrogens with one attached hydrogen (secondary N) is 1. The highest BCUT2D eigenvalue weighted by molar-refractivity contribution is 6.05. The van der Waals surface area contributed by atoms with Crippen LogP contribution in [0.15, 0.2) is 60.8 Å². The predicted molar refractivity (Wildman–Crippen MR) is 102 cm³/mol. The van der Waals surface area contributed by atoms with Crippen LogP contribution in [0.25, 0.3) is 11.3 Å². The maximum atomic E-state index is 13.3. The summed E-state index contributed by atoms with van der Waals surface area (Å²) < 4.78 is 50.3. The number of carbonyl (C=O) groups is 1. The second kappa shape index (κ2) is 8.22. The third kappa shape index (κ3) is 4.48. The molecule has 5 nitrogen and oxygen atoms in total. The van der Waals surface area contributed by atoms with Gasteiger partial charge < -0.3 is 14.8 Å². The molecule has 0 fully saturated rings. The van der Waals surface area contributed by atoms with Crippen molar-refractivity contribution in [1.29, 1.82) is 0 Å². The summed E-state index contributed by atoms with van der Waals surface area (Å²) in [5.41, 5.74) is -0.277. The van der Waals surface area contributed by atoms with Gasteiger partial charge in [-0.3, -0.25) is 9.78 Å². The van der Waals surface area contributed by atoms with Crippen molar-refractivity contribution in [2.24, 2.45) is 0 Å². The maximum Gasteiger partial charge on any atom is 0.418 e. The van der Waals surface area contributed by atoms with E-state index in [4.69, 9.17) is 9.47 Å². The van der Waals surface area contributed by atoms with Crippen LogP contribution in [0.4, 0.5) is 18.9 Å². The van der Waals surface area contributed by atoms with E-state index in [1.165, 1.54) is 44.7 Å². The zero-order chi connectivity index (χ0) is 21.0. The minimum Gasteiger partial charge on any atom is -0.497 e. The van der Waals surface area contributed by atoms with Crippen LogP contribution in [-0.4, -0.2) is 25.1 Å². The summed E-state index contributed by atoms with van der Waals surface area (Å²) in [5.74, 6) is 0.234. The molecule has 1 amide bonds. The first-order chi connectivity index (χ1) is 13.8. The van der Waals surface area contributed by atoms with Gasteiger partial charge in [-0.05, 0) is 42.5 Å². The molecule has 0 aliphatic rings. The van der Waals surface area contributed by atoms with Crippen LogP contribution < -0.4 is 14.8 Å². The molecule has 0 aliphatic carbocycles. The van der Waals surface area contributed by atoms with Crippen molar-refractivity contribution in [3.63, 3.8) is 0 Å². The van der Waals surface area contributed by atoms with E-state index in [9.17, 15) is 18.0 Å². The number of pyridine rings is 1. The number of rotatable bonds is 5. The number of benzene rings is 2. The lowest BCUT2D eigenvalue weighted by Crippen LogP contribution is -2.12. The normalized spacial score (nSPS) is 11.1. The van der Waals surface area contributed by atoms with E-state index in [-0.39, 0.29) is 22.6 Å². The lowest BCUT2D eigenvalue weighted by molar-refractivity contribution is -0.137. The SMILES string of the molecule is COc1cccc(NC(=O)c2ccc(-c3ncccc3C(F)(F)F)c(OC)c2)c1. The van der Waals surface area contributed by atoms with Crippen molar-refractivity contribution >= 4 is 11.6 Å². The number of ether oxygens (including phenoxy) is 2. The highest BCUT2D eigenvalue weighted by atomic mass is 19.4. The zero-order valence-electron chi connectivity index (χ0n) is 15.6. The molecule has 150 valence electrons. The number of carbonyl (C=O) groups excluding carboxylic acids is 1. The molecule has 2 aromatic carbocycles. The number of anilines is 1. The molecule has 1 aromatic heterocycles. The first kappa shape index (κ1) is 20.2. The first-order valence-electron chi connectivity index (χ1n) is 8.49. The van der Waals surface area contributed by atoms with Crippen molar-refractivity contribution in [1.82, 2.24) is 4.98 Å². The van der Waals surface area contributed by atoms with E-state index < -0.39 is 17.6 Å². The van der Waals surface area contributed by atoms with Crippen LogP contribution in [0.3, 0.4) is 0 Å². The van der Waals surface area contributed by atoms with E-state index in [2.05, 4.69) is 10.3 Å². The topological polar surface area (TPSA) is 60.5 Å². The van der Waals surface area contributed by atoms with Gasteiger partial charge in [0.2, 0.25) is 0 Å². The smallest absolute Gasteiger partial charge is 0.418 e. The van der Waals surface area contributed by atoms with Crippen LogP contribution in [0.2, 0.25) is 0 Å². The Bertz CT molecular complexity index is 1040. The van der Waals surface area contributed by atoms with Gasteiger partial charge in [-0.15, -0.1) is 0 Å². The molecule has 0 atom stereocenters. The molecule has 0 unspecified atom stereocenters. The molecule has 0 bridgehead atoms. The summed E-state index contributed by atoms with van der Waals surface area (Å²) in [7, 11) is 2.83. The lowest BCUT2D eigenvalue weighted by Gasteiger charge is -2.15. The van der Waals surface area contributed by atoms with E-state index in [1.807, 2.05) is 0 Å². The summed E-state index contributed by atoms with van der Waals surface area (Å²) in [4.78, 5) is 16.4. The standard InChI is InChI=1S/C21H17F3N2O3/c1-28-15-6-3-5-14(12-15)26-20(27)13-8-9-16(18(11-13)29-2)19-17(21(22,23)24)7-4-10-25-19/h3-12H,1-2H3,(H,26,27). The van der Waals surface area contributed by atoms with Gasteiger partial charge in [-0.1, -0.05) is 6.07 Å². The average molecular weight is 402 g/mol. The molecule has 0 spiro atoms. The molecule has 0 saturated carbocycles. The summed E-state index contributed by atoms with van der Waals surface area (Å²) >= 11 is 0. The molecule has 3 rings (SSSR count). The Kier molecular flexibility index (Phi) is 5.72. The fourth-order valence-electron chi connectivity index (χ4n) is 2.78. The van der Waals surface area contributed by atoms with Gasteiger partial charge in [0.1, 0.15) is 11.5 Å². The number of methoxy groups -OCH3 is 2. The molecule has 29 heavy (non-hydrogen) atoms. The minimum absolute atomic E-state index is 0.104. The first-order valence-corrected chi connectivity index (χ1v) is 8.49. The number of amides is 1. The van der Waals surface area contributed by atoms with Crippen LogP contribution >= 0.6 is 0 Å². The summed E-state index contributed by atoms with van der Waals surface area (Å²) in [5, 5.41) is 2.71. The van der Waals surface area contributed by atoms with Crippen LogP contribution in [0.5, 0.6) is 11.5 Å². The highest BCUT2D eigenvalue weighted by Gasteiger charge is 2.35. The van der Waals surface area contributed by atoms with Crippen molar-refractivity contribution in [3.8, 4) is 22.8 Å². The van der Waals surface area contributed by atoms with Gasteiger partial charge in [0.15, 0.2) is 0 Å². The summed E-state index contributed by atoms with van der Waals surface area (Å²) in [6, 6.07) is 13.1. The van der Waals surface area contributed by atoms with Gasteiger partial charge in [0.05, 0.1) is 25.5 Å². The molecule has 3 aromatic rings. The van der Waals surface area contributed by atoms with Crippen LogP contribution in [0, 0.1) is 0 Å². The zero-order valence-corrected chi connectivity index (χ0v) is 15.6. The Morgan fingerprint density at radius 1 is 1.00 bits per heavy atom. The number of nitrogens with zero attached hydrogens (tertiary/aromatic N) is 1. The third-order valence-electron chi connectivity index (χ3n) is 4.16. The van der Waals surface area contributed by atoms with Gasteiger partial charge >= 0.3 is 6.18 Å². The quantitative estimate of drug-likeness (QED) is 0.650. The largest absolute Gasteiger partial charge is 0.497 e. The van der Waals surface area contributed by atoms with E-state index in [0.29, 0.717) is 11.4 Å². The van der Waals surface area contributed by atoms with Crippen LogP contribution in [0.1, 0.15) is 15.9 Å². The third-order valence-corrected chi connectivity index (χ3v) is 4.16. The monoisotopic (exact) mass is 402 g/mol. The maximum absolute atomic E-state index is 13.3. The molecule has 1 N–H and O–H groups in total. The summed E-state index contributed by atoms with van der Waals surface area (Å²) in [6.45, 7) is 0. The number of halogens is 3. The molecule has 1 heterocycles. The molecule has 0 saturated heterocycles. The van der Waals surface area contributed by atoms with Gasteiger partial charge in [-0.2, -0.15) is 13.2 Å². The van der Waals surface area contributed by atoms with Gasteiger partial charge in [-0.25, -0.2) is 0 Å².